The lowest BCUT2D eigenvalue weighted by Crippen LogP contribution is -2.17. The van der Waals surface area contributed by atoms with Crippen LogP contribution in [-0.2, 0) is 4.74 Å². The SMILES string of the molecule is COc1cccc(/C=N/n2c(-c3ccc(Br)cc3)csc2=NC[C@H]2CCCO2)c1O. The molecule has 1 atom stereocenters. The molecule has 1 fully saturated rings. The summed E-state index contributed by atoms with van der Waals surface area (Å²) >= 11 is 5.01. The van der Waals surface area contributed by atoms with Crippen LogP contribution in [0.25, 0.3) is 11.3 Å². The molecule has 4 rings (SSSR count). The van der Waals surface area contributed by atoms with Gasteiger partial charge in [-0.25, -0.2) is 4.68 Å². The molecular weight excluding hydrogens is 466 g/mol. The van der Waals surface area contributed by atoms with Gasteiger partial charge < -0.3 is 14.6 Å². The molecule has 8 heteroatoms. The van der Waals surface area contributed by atoms with Crippen molar-refractivity contribution in [2.75, 3.05) is 20.3 Å². The summed E-state index contributed by atoms with van der Waals surface area (Å²) in [4.78, 5) is 5.55. The van der Waals surface area contributed by atoms with E-state index in [2.05, 4.69) is 21.0 Å². The number of aromatic nitrogens is 1. The molecule has 6 nitrogen and oxygen atoms in total. The van der Waals surface area contributed by atoms with E-state index < -0.39 is 0 Å². The van der Waals surface area contributed by atoms with E-state index in [0.717, 1.165) is 40.0 Å². The predicted octanol–water partition coefficient (Wildman–Crippen LogP) is 4.66. The van der Waals surface area contributed by atoms with Gasteiger partial charge in [-0.15, -0.1) is 11.3 Å². The van der Waals surface area contributed by atoms with Crippen molar-refractivity contribution >= 4 is 33.5 Å². The summed E-state index contributed by atoms with van der Waals surface area (Å²) in [5, 5.41) is 17.1. The topological polar surface area (TPSA) is 68.3 Å². The van der Waals surface area contributed by atoms with Crippen LogP contribution in [0, 0.1) is 0 Å². The van der Waals surface area contributed by atoms with E-state index in [4.69, 9.17) is 14.5 Å². The van der Waals surface area contributed by atoms with Gasteiger partial charge in [-0.2, -0.15) is 5.10 Å². The molecule has 1 N–H and O–H groups in total. The van der Waals surface area contributed by atoms with Gasteiger partial charge in [-0.05, 0) is 37.1 Å². The molecule has 1 saturated heterocycles. The molecule has 30 heavy (non-hydrogen) atoms. The number of phenolic OH excluding ortho intramolecular Hbond substituents is 1. The van der Waals surface area contributed by atoms with Crippen molar-refractivity contribution in [1.29, 1.82) is 0 Å². The highest BCUT2D eigenvalue weighted by atomic mass is 79.9. The number of nitrogens with zero attached hydrogens (tertiary/aromatic N) is 3. The van der Waals surface area contributed by atoms with Crippen LogP contribution in [0.4, 0.5) is 0 Å². The number of methoxy groups -OCH3 is 1. The Hall–Kier alpha value is -2.42. The zero-order valence-electron chi connectivity index (χ0n) is 16.5. The number of para-hydroxylation sites is 1. The maximum absolute atomic E-state index is 10.4. The Morgan fingerprint density at radius 3 is 2.87 bits per heavy atom. The largest absolute Gasteiger partial charge is 0.504 e. The highest BCUT2D eigenvalue weighted by Crippen LogP contribution is 2.28. The standard InChI is InChI=1S/C22H22BrN3O3S/c1-28-20-6-2-4-16(21(20)27)12-25-26-19(15-7-9-17(23)10-8-15)14-30-22(26)24-13-18-5-3-11-29-18/h2,4,6-10,12,14,18,27H,3,5,11,13H2,1H3/b24-22?,25-12+/t18-/m1/s1. The van der Waals surface area contributed by atoms with Crippen molar-refractivity contribution < 1.29 is 14.6 Å². The molecule has 0 amide bonds. The number of phenols is 1. The molecule has 0 spiro atoms. The van der Waals surface area contributed by atoms with E-state index >= 15 is 0 Å². The highest BCUT2D eigenvalue weighted by Gasteiger charge is 2.15. The highest BCUT2D eigenvalue weighted by molar-refractivity contribution is 9.10. The Balaban J connectivity index is 1.74. The molecule has 0 aliphatic carbocycles. The summed E-state index contributed by atoms with van der Waals surface area (Å²) in [5.41, 5.74) is 2.53. The lowest BCUT2D eigenvalue weighted by atomic mass is 10.2. The Morgan fingerprint density at radius 1 is 1.30 bits per heavy atom. The molecule has 2 aromatic carbocycles. The van der Waals surface area contributed by atoms with Crippen LogP contribution in [0.3, 0.4) is 0 Å². The first-order valence-corrected chi connectivity index (χ1v) is 11.3. The minimum Gasteiger partial charge on any atom is -0.504 e. The summed E-state index contributed by atoms with van der Waals surface area (Å²) < 4.78 is 13.7. The summed E-state index contributed by atoms with van der Waals surface area (Å²) in [6, 6.07) is 13.4. The van der Waals surface area contributed by atoms with Gasteiger partial charge in [0.05, 0.1) is 31.7 Å². The van der Waals surface area contributed by atoms with Crippen molar-refractivity contribution in [2.24, 2.45) is 10.1 Å². The second kappa shape index (κ2) is 9.59. The molecule has 0 saturated carbocycles. The molecule has 2 heterocycles. The Bertz CT molecular complexity index is 1100. The van der Waals surface area contributed by atoms with Crippen LogP contribution in [0.5, 0.6) is 11.5 Å². The quantitative estimate of drug-likeness (QED) is 0.514. The number of aromatic hydroxyl groups is 1. The van der Waals surface area contributed by atoms with E-state index in [-0.39, 0.29) is 11.9 Å². The second-order valence-corrected chi connectivity index (χ2v) is 8.59. The van der Waals surface area contributed by atoms with Crippen molar-refractivity contribution in [3.63, 3.8) is 0 Å². The van der Waals surface area contributed by atoms with Crippen LogP contribution in [0.2, 0.25) is 0 Å². The first-order valence-electron chi connectivity index (χ1n) is 9.64. The van der Waals surface area contributed by atoms with E-state index in [1.807, 2.05) is 40.4 Å². The normalized spacial score (nSPS) is 17.1. The van der Waals surface area contributed by atoms with Crippen LogP contribution in [0.15, 0.2) is 62.4 Å². The lowest BCUT2D eigenvalue weighted by Gasteiger charge is -2.07. The predicted molar refractivity (Wildman–Crippen MR) is 122 cm³/mol. The molecule has 0 radical (unpaired) electrons. The van der Waals surface area contributed by atoms with E-state index in [0.29, 0.717) is 17.9 Å². The average molecular weight is 488 g/mol. The zero-order chi connectivity index (χ0) is 20.9. The first-order chi connectivity index (χ1) is 14.7. The van der Waals surface area contributed by atoms with Gasteiger partial charge >= 0.3 is 0 Å². The molecule has 0 unspecified atom stereocenters. The Morgan fingerprint density at radius 2 is 2.13 bits per heavy atom. The van der Waals surface area contributed by atoms with Gasteiger partial charge in [0.1, 0.15) is 0 Å². The van der Waals surface area contributed by atoms with Crippen LogP contribution in [-0.4, -0.2) is 42.4 Å². The van der Waals surface area contributed by atoms with Crippen molar-refractivity contribution in [2.45, 2.75) is 18.9 Å². The number of benzene rings is 2. The van der Waals surface area contributed by atoms with Gasteiger partial charge in [-0.3, -0.25) is 4.99 Å². The van der Waals surface area contributed by atoms with Crippen LogP contribution >= 0.6 is 27.3 Å². The lowest BCUT2D eigenvalue weighted by molar-refractivity contribution is 0.117. The first kappa shape index (κ1) is 20.8. The van der Waals surface area contributed by atoms with E-state index in [1.54, 1.807) is 18.3 Å². The number of halogens is 1. The molecular formula is C22H22BrN3O3S. The maximum atomic E-state index is 10.4. The third kappa shape index (κ3) is 4.66. The molecule has 3 aromatic rings. The van der Waals surface area contributed by atoms with E-state index in [1.165, 1.54) is 18.4 Å². The Kier molecular flexibility index (Phi) is 6.66. The fourth-order valence-corrected chi connectivity index (χ4v) is 4.35. The number of rotatable bonds is 6. The monoisotopic (exact) mass is 487 g/mol. The zero-order valence-corrected chi connectivity index (χ0v) is 18.9. The minimum atomic E-state index is 0.0580. The third-order valence-corrected chi connectivity index (χ3v) is 6.22. The summed E-state index contributed by atoms with van der Waals surface area (Å²) in [6.45, 7) is 1.42. The fraction of sp³-hybridized carbons (Fsp3) is 0.273. The van der Waals surface area contributed by atoms with Gasteiger partial charge in [0.2, 0.25) is 4.80 Å². The maximum Gasteiger partial charge on any atom is 0.206 e. The molecule has 156 valence electrons. The van der Waals surface area contributed by atoms with Crippen LogP contribution in [0.1, 0.15) is 18.4 Å². The summed E-state index contributed by atoms with van der Waals surface area (Å²) in [5.74, 6) is 0.466. The van der Waals surface area contributed by atoms with Gasteiger partial charge in [0.25, 0.3) is 0 Å². The summed E-state index contributed by atoms with van der Waals surface area (Å²) in [6.07, 6.45) is 3.92. The molecule has 1 aliphatic rings. The average Bonchev–Trinajstić information content (AvgIpc) is 3.42. The third-order valence-electron chi connectivity index (χ3n) is 4.84. The van der Waals surface area contributed by atoms with Gasteiger partial charge in [-0.1, -0.05) is 34.1 Å². The van der Waals surface area contributed by atoms with Crippen molar-refractivity contribution in [1.82, 2.24) is 4.68 Å². The molecule has 1 aromatic heterocycles. The minimum absolute atomic E-state index is 0.0580. The number of hydrogen-bond acceptors (Lipinski definition) is 6. The van der Waals surface area contributed by atoms with Gasteiger partial charge in [0, 0.05) is 27.6 Å². The molecule has 1 aliphatic heterocycles. The smallest absolute Gasteiger partial charge is 0.206 e. The number of thiazole rings is 1. The Labute approximate surface area is 187 Å². The van der Waals surface area contributed by atoms with Crippen molar-refractivity contribution in [3.05, 3.63) is 62.7 Å². The summed E-state index contributed by atoms with van der Waals surface area (Å²) in [7, 11) is 1.53. The van der Waals surface area contributed by atoms with Crippen LogP contribution < -0.4 is 9.54 Å². The number of ether oxygens (including phenoxy) is 2. The second-order valence-electron chi connectivity index (χ2n) is 6.84. The van der Waals surface area contributed by atoms with Crippen molar-refractivity contribution in [3.8, 4) is 22.8 Å². The molecule has 0 bridgehead atoms. The van der Waals surface area contributed by atoms with E-state index in [9.17, 15) is 5.11 Å². The number of hydrogen-bond donors (Lipinski definition) is 1. The fourth-order valence-electron chi connectivity index (χ4n) is 3.23. The van der Waals surface area contributed by atoms with Gasteiger partial charge in [0.15, 0.2) is 11.5 Å².